The number of amides is 1. The van der Waals surface area contributed by atoms with Crippen LogP contribution in [0.5, 0.6) is 5.75 Å². The number of anilines is 1. The lowest BCUT2D eigenvalue weighted by molar-refractivity contribution is -0.134. The van der Waals surface area contributed by atoms with Crippen LogP contribution in [-0.4, -0.2) is 42.1 Å². The van der Waals surface area contributed by atoms with Crippen LogP contribution in [0.1, 0.15) is 38.7 Å². The maximum absolute atomic E-state index is 13.7. The molecule has 3 aliphatic rings. The zero-order chi connectivity index (χ0) is 23.5. The summed E-state index contributed by atoms with van der Waals surface area (Å²) in [5.74, 6) is 0.399. The molecule has 0 bridgehead atoms. The van der Waals surface area contributed by atoms with E-state index in [-0.39, 0.29) is 35.2 Å². The van der Waals surface area contributed by atoms with Crippen molar-refractivity contribution in [1.29, 1.82) is 0 Å². The molecule has 5 rings (SSSR count). The molecule has 0 aromatic heterocycles. The van der Waals surface area contributed by atoms with Crippen LogP contribution in [0.2, 0.25) is 0 Å². The molecule has 0 radical (unpaired) electrons. The number of likely N-dealkylation sites (N-methyl/N-ethyl adjacent to an activating group) is 1. The summed E-state index contributed by atoms with van der Waals surface area (Å²) in [6.45, 7) is 4.82. The van der Waals surface area contributed by atoms with Crippen molar-refractivity contribution < 1.29 is 18.7 Å². The number of nitrogens with two attached hydrogens (primary N) is 2. The minimum atomic E-state index is -1.15. The van der Waals surface area contributed by atoms with E-state index in [2.05, 4.69) is 13.8 Å². The van der Waals surface area contributed by atoms with E-state index in [1.807, 2.05) is 18.2 Å². The van der Waals surface area contributed by atoms with Gasteiger partial charge in [0.1, 0.15) is 17.7 Å². The van der Waals surface area contributed by atoms with Crippen LogP contribution >= 0.6 is 0 Å². The molecule has 3 atom stereocenters. The van der Waals surface area contributed by atoms with Gasteiger partial charge in [0.2, 0.25) is 0 Å². The number of hydrogen-bond donors (Lipinski definition) is 2. The van der Waals surface area contributed by atoms with Crippen LogP contribution in [0, 0.1) is 11.7 Å². The molecule has 2 aromatic carbocycles. The van der Waals surface area contributed by atoms with E-state index < -0.39 is 11.4 Å². The average molecular weight is 453 g/mol. The molecule has 1 amide bonds. The van der Waals surface area contributed by atoms with Gasteiger partial charge in [-0.15, -0.1) is 0 Å². The molecular weight excluding hydrogens is 423 g/mol. The van der Waals surface area contributed by atoms with E-state index in [4.69, 9.17) is 25.9 Å². The van der Waals surface area contributed by atoms with Gasteiger partial charge in [-0.1, -0.05) is 12.1 Å². The number of fused-ring (bicyclic) bond motifs is 2. The zero-order valence-electron chi connectivity index (χ0n) is 19.1. The standard InChI is InChI=1S/C25H29FN4O3/c1-24(2)12-16(8-9-32-24)21-13-25(22(31)30(3)23(28)29-25)17-10-14(5-7-20(17)33-21)15-4-6-18(26)19(27)11-15/h4-7,10-11,16,21H,8-9,12-13,27H2,1-3H3,(H2,28,29). The number of ether oxygens (including phenoxy) is 2. The topological polar surface area (TPSA) is 103 Å². The lowest BCUT2D eigenvalue weighted by Crippen LogP contribution is -2.49. The number of aliphatic imine (C=N–C) groups is 1. The number of rotatable bonds is 2. The average Bonchev–Trinajstić information content (AvgIpc) is 2.98. The van der Waals surface area contributed by atoms with Crippen molar-refractivity contribution in [2.24, 2.45) is 16.6 Å². The van der Waals surface area contributed by atoms with Crippen LogP contribution in [0.4, 0.5) is 10.1 Å². The first-order valence-corrected chi connectivity index (χ1v) is 11.2. The van der Waals surface area contributed by atoms with Gasteiger partial charge in [0, 0.05) is 31.6 Å². The third-order valence-electron chi connectivity index (χ3n) is 7.10. The highest BCUT2D eigenvalue weighted by atomic mass is 19.1. The Morgan fingerprint density at radius 1 is 1.12 bits per heavy atom. The van der Waals surface area contributed by atoms with Gasteiger partial charge in [0.15, 0.2) is 11.5 Å². The normalized spacial score (nSPS) is 28.4. The third-order valence-corrected chi connectivity index (χ3v) is 7.10. The van der Waals surface area contributed by atoms with E-state index in [9.17, 15) is 9.18 Å². The third kappa shape index (κ3) is 3.53. The highest BCUT2D eigenvalue weighted by molar-refractivity contribution is 6.07. The Labute approximate surface area is 192 Å². The van der Waals surface area contributed by atoms with Gasteiger partial charge >= 0.3 is 0 Å². The maximum atomic E-state index is 13.7. The van der Waals surface area contributed by atoms with Gasteiger partial charge in [-0.2, -0.15) is 0 Å². The molecular formula is C25H29FN4O3. The molecule has 8 heteroatoms. The van der Waals surface area contributed by atoms with Crippen molar-refractivity contribution in [2.75, 3.05) is 19.4 Å². The largest absolute Gasteiger partial charge is 0.490 e. The van der Waals surface area contributed by atoms with Gasteiger partial charge in [0.25, 0.3) is 5.91 Å². The molecule has 1 saturated heterocycles. The number of hydrogen-bond acceptors (Lipinski definition) is 6. The van der Waals surface area contributed by atoms with Gasteiger partial charge in [-0.05, 0) is 62.1 Å². The number of guanidine groups is 1. The Morgan fingerprint density at radius 2 is 1.85 bits per heavy atom. The van der Waals surface area contributed by atoms with Crippen molar-refractivity contribution in [3.8, 4) is 16.9 Å². The second-order valence-electron chi connectivity index (χ2n) is 9.86. The molecule has 174 valence electrons. The van der Waals surface area contributed by atoms with Crippen LogP contribution in [0.25, 0.3) is 11.1 Å². The van der Waals surface area contributed by atoms with Gasteiger partial charge in [0.05, 0.1) is 11.3 Å². The van der Waals surface area contributed by atoms with E-state index in [1.165, 1.54) is 11.0 Å². The van der Waals surface area contributed by atoms with E-state index in [1.54, 1.807) is 19.2 Å². The molecule has 3 aliphatic heterocycles. The Balaban J connectivity index is 1.60. The minimum absolute atomic E-state index is 0.0670. The van der Waals surface area contributed by atoms with E-state index >= 15 is 0 Å². The molecule has 7 nitrogen and oxygen atoms in total. The first kappa shape index (κ1) is 21.7. The number of nitrogens with zero attached hydrogens (tertiary/aromatic N) is 2. The Morgan fingerprint density at radius 3 is 2.52 bits per heavy atom. The molecule has 0 aliphatic carbocycles. The smallest absolute Gasteiger partial charge is 0.261 e. The monoisotopic (exact) mass is 452 g/mol. The Bertz CT molecular complexity index is 1160. The fourth-order valence-electron chi connectivity index (χ4n) is 5.33. The minimum Gasteiger partial charge on any atom is -0.490 e. The first-order valence-electron chi connectivity index (χ1n) is 11.2. The number of halogens is 1. The van der Waals surface area contributed by atoms with E-state index in [0.717, 1.165) is 24.0 Å². The molecule has 0 saturated carbocycles. The summed E-state index contributed by atoms with van der Waals surface area (Å²) in [4.78, 5) is 19.7. The Hall–Kier alpha value is -3.13. The molecule has 3 unspecified atom stereocenters. The van der Waals surface area contributed by atoms with Crippen molar-refractivity contribution in [2.45, 2.75) is 50.4 Å². The van der Waals surface area contributed by atoms with E-state index in [0.29, 0.717) is 24.3 Å². The second-order valence-corrected chi connectivity index (χ2v) is 9.86. The quantitative estimate of drug-likeness (QED) is 0.680. The summed E-state index contributed by atoms with van der Waals surface area (Å²) in [6.07, 6.45) is 1.90. The Kier molecular flexibility index (Phi) is 4.90. The van der Waals surface area contributed by atoms with Crippen molar-refractivity contribution >= 4 is 17.6 Å². The van der Waals surface area contributed by atoms with Crippen LogP contribution in [0.15, 0.2) is 41.4 Å². The summed E-state index contributed by atoms with van der Waals surface area (Å²) in [6, 6.07) is 10.2. The molecule has 4 N–H and O–H groups in total. The molecule has 1 spiro atoms. The lowest BCUT2D eigenvalue weighted by Gasteiger charge is -2.44. The highest BCUT2D eigenvalue weighted by Gasteiger charge is 2.55. The summed E-state index contributed by atoms with van der Waals surface area (Å²) in [5.41, 5.74) is 12.8. The molecule has 33 heavy (non-hydrogen) atoms. The number of carbonyl (C=O) groups is 1. The maximum Gasteiger partial charge on any atom is 0.261 e. The van der Waals surface area contributed by atoms with Crippen molar-refractivity contribution in [3.05, 3.63) is 47.8 Å². The predicted octanol–water partition coefficient (Wildman–Crippen LogP) is 3.41. The van der Waals surface area contributed by atoms with Gasteiger partial charge < -0.3 is 20.9 Å². The van der Waals surface area contributed by atoms with Crippen LogP contribution in [-0.2, 0) is 15.1 Å². The summed E-state index contributed by atoms with van der Waals surface area (Å²) < 4.78 is 26.1. The second kappa shape index (κ2) is 7.45. The number of nitrogen functional groups attached to an aromatic ring is 1. The lowest BCUT2D eigenvalue weighted by atomic mass is 9.74. The highest BCUT2D eigenvalue weighted by Crippen LogP contribution is 2.49. The number of carbonyl (C=O) groups excluding carboxylic acids is 1. The van der Waals surface area contributed by atoms with Crippen molar-refractivity contribution in [1.82, 2.24) is 4.90 Å². The molecule has 1 fully saturated rings. The number of benzene rings is 2. The zero-order valence-corrected chi connectivity index (χ0v) is 19.1. The fraction of sp³-hybridized carbons (Fsp3) is 0.440. The summed E-state index contributed by atoms with van der Waals surface area (Å²) >= 11 is 0. The molecule has 3 heterocycles. The predicted molar refractivity (Wildman–Crippen MR) is 124 cm³/mol. The van der Waals surface area contributed by atoms with Crippen molar-refractivity contribution in [3.63, 3.8) is 0 Å². The molecule has 2 aromatic rings. The van der Waals surface area contributed by atoms with Crippen LogP contribution in [0.3, 0.4) is 0 Å². The van der Waals surface area contributed by atoms with Crippen LogP contribution < -0.4 is 16.2 Å². The first-order chi connectivity index (χ1) is 15.6. The summed E-state index contributed by atoms with van der Waals surface area (Å²) in [7, 11) is 1.64. The SMILES string of the molecule is CN1C(=O)C2(CC(C3CCOC(C)(C)C3)Oc3ccc(-c4ccc(F)c(N)c4)cc32)N=C1N. The fourth-order valence-corrected chi connectivity index (χ4v) is 5.33. The van der Waals surface area contributed by atoms with Gasteiger partial charge in [-0.25, -0.2) is 9.38 Å². The summed E-state index contributed by atoms with van der Waals surface area (Å²) in [5, 5.41) is 0. The van der Waals surface area contributed by atoms with Gasteiger partial charge in [-0.3, -0.25) is 9.69 Å².